The molecule has 1 aromatic heterocycles. The minimum absolute atomic E-state index is 0. The number of nitrogens with zero attached hydrogens (tertiary/aromatic N) is 3. The molecule has 0 aliphatic carbocycles. The molecule has 1 aliphatic heterocycles. The Morgan fingerprint density at radius 2 is 1.89 bits per heavy atom. The van der Waals surface area contributed by atoms with Gasteiger partial charge in [-0.05, 0) is 23.8 Å². The van der Waals surface area contributed by atoms with Crippen LogP contribution in [0.1, 0.15) is 22.1 Å². The van der Waals surface area contributed by atoms with Crippen molar-refractivity contribution >= 4 is 40.8 Å². The highest BCUT2D eigenvalue weighted by Crippen LogP contribution is 2.29. The highest BCUT2D eigenvalue weighted by molar-refractivity contribution is 6.31. The topological polar surface area (TPSA) is 67.2 Å². The second-order valence-electron chi connectivity index (χ2n) is 6.56. The molecular formula is C20H20Cl2N4O2. The number of aryl methyl sites for hydroxylation is 1. The number of amides is 1. The van der Waals surface area contributed by atoms with Crippen LogP contribution in [0, 0.1) is 0 Å². The fourth-order valence-corrected chi connectivity index (χ4v) is 3.83. The SMILES string of the molecule is Cl.Cn1nc(C(=O)N2CCNCC2c2ccccc2Cl)c(=O)c2ccccc21. The van der Waals surface area contributed by atoms with Gasteiger partial charge in [-0.25, -0.2) is 0 Å². The standard InChI is InChI=1S/C20H19ClN4O2.ClH/c1-24-16-9-5-3-7-14(16)19(26)18(23-24)20(27)25-11-10-22-12-17(25)13-6-2-4-8-15(13)21;/h2-9,17,22H,10-12H2,1H3;1H. The minimum Gasteiger partial charge on any atom is -0.327 e. The van der Waals surface area contributed by atoms with Crippen LogP contribution < -0.4 is 10.7 Å². The molecule has 4 rings (SSSR count). The number of rotatable bonds is 2. The Bertz CT molecular complexity index is 1080. The molecule has 1 amide bonds. The van der Waals surface area contributed by atoms with Gasteiger partial charge in [-0.15, -0.1) is 12.4 Å². The first kappa shape index (κ1) is 20.3. The van der Waals surface area contributed by atoms with Crippen molar-refractivity contribution in [1.82, 2.24) is 20.0 Å². The first-order valence-electron chi connectivity index (χ1n) is 8.80. The van der Waals surface area contributed by atoms with Crippen LogP contribution in [0.3, 0.4) is 0 Å². The number of carbonyl (C=O) groups excluding carboxylic acids is 1. The van der Waals surface area contributed by atoms with E-state index in [0.29, 0.717) is 35.6 Å². The summed E-state index contributed by atoms with van der Waals surface area (Å²) in [5.41, 5.74) is 1.15. The van der Waals surface area contributed by atoms with Gasteiger partial charge in [0, 0.05) is 37.1 Å². The van der Waals surface area contributed by atoms with E-state index < -0.39 is 0 Å². The molecule has 1 unspecified atom stereocenters. The van der Waals surface area contributed by atoms with Crippen LogP contribution in [0.4, 0.5) is 0 Å². The fraction of sp³-hybridized carbons (Fsp3) is 0.250. The first-order chi connectivity index (χ1) is 13.1. The van der Waals surface area contributed by atoms with Crippen LogP contribution in [0.5, 0.6) is 0 Å². The van der Waals surface area contributed by atoms with Gasteiger partial charge in [0.1, 0.15) is 0 Å². The van der Waals surface area contributed by atoms with Gasteiger partial charge in [-0.1, -0.05) is 41.9 Å². The Kier molecular flexibility index (Phi) is 6.03. The van der Waals surface area contributed by atoms with Crippen molar-refractivity contribution in [2.75, 3.05) is 19.6 Å². The van der Waals surface area contributed by atoms with Crippen molar-refractivity contribution in [3.05, 3.63) is 75.0 Å². The Morgan fingerprint density at radius 3 is 2.68 bits per heavy atom. The van der Waals surface area contributed by atoms with Gasteiger partial charge in [0.25, 0.3) is 5.91 Å². The summed E-state index contributed by atoms with van der Waals surface area (Å²) in [4.78, 5) is 27.9. The molecule has 146 valence electrons. The maximum atomic E-state index is 13.3. The lowest BCUT2D eigenvalue weighted by Crippen LogP contribution is -2.50. The van der Waals surface area contributed by atoms with Crippen LogP contribution in [0.2, 0.25) is 5.02 Å². The molecule has 3 aromatic rings. The molecule has 0 radical (unpaired) electrons. The van der Waals surface area contributed by atoms with Crippen LogP contribution in [0.25, 0.3) is 10.9 Å². The van der Waals surface area contributed by atoms with E-state index in [4.69, 9.17) is 11.6 Å². The minimum atomic E-state index is -0.368. The van der Waals surface area contributed by atoms with Gasteiger partial charge in [-0.2, -0.15) is 5.10 Å². The normalized spacial score (nSPS) is 16.6. The Morgan fingerprint density at radius 1 is 1.18 bits per heavy atom. The summed E-state index contributed by atoms with van der Waals surface area (Å²) in [5, 5.41) is 8.67. The molecule has 0 bridgehead atoms. The van der Waals surface area contributed by atoms with Gasteiger partial charge in [0.15, 0.2) is 5.69 Å². The van der Waals surface area contributed by atoms with Crippen molar-refractivity contribution in [3.8, 4) is 0 Å². The largest absolute Gasteiger partial charge is 0.327 e. The third-order valence-electron chi connectivity index (χ3n) is 4.93. The van der Waals surface area contributed by atoms with Crippen molar-refractivity contribution in [1.29, 1.82) is 0 Å². The smallest absolute Gasteiger partial charge is 0.279 e. The zero-order valence-electron chi connectivity index (χ0n) is 15.3. The van der Waals surface area contributed by atoms with E-state index in [2.05, 4.69) is 10.4 Å². The molecule has 1 aliphatic rings. The highest BCUT2D eigenvalue weighted by Gasteiger charge is 2.32. The number of nitrogens with one attached hydrogen (secondary N) is 1. The maximum absolute atomic E-state index is 13.3. The number of hydrogen-bond acceptors (Lipinski definition) is 4. The highest BCUT2D eigenvalue weighted by atomic mass is 35.5. The number of hydrogen-bond donors (Lipinski definition) is 1. The van der Waals surface area contributed by atoms with E-state index in [9.17, 15) is 9.59 Å². The molecule has 28 heavy (non-hydrogen) atoms. The van der Waals surface area contributed by atoms with E-state index in [0.717, 1.165) is 5.56 Å². The number of aromatic nitrogens is 2. The second-order valence-corrected chi connectivity index (χ2v) is 6.97. The van der Waals surface area contributed by atoms with Crippen molar-refractivity contribution < 1.29 is 4.79 Å². The molecule has 2 aromatic carbocycles. The van der Waals surface area contributed by atoms with E-state index in [1.54, 1.807) is 34.8 Å². The number of para-hydroxylation sites is 1. The lowest BCUT2D eigenvalue weighted by molar-refractivity contribution is 0.0625. The van der Waals surface area contributed by atoms with Gasteiger partial charge in [0.2, 0.25) is 5.43 Å². The van der Waals surface area contributed by atoms with Crippen LogP contribution >= 0.6 is 24.0 Å². The molecule has 1 saturated heterocycles. The van der Waals surface area contributed by atoms with E-state index >= 15 is 0 Å². The summed E-state index contributed by atoms with van der Waals surface area (Å²) in [7, 11) is 1.74. The first-order valence-corrected chi connectivity index (χ1v) is 9.18. The molecule has 6 nitrogen and oxygen atoms in total. The Balaban J connectivity index is 0.00000225. The van der Waals surface area contributed by atoms with E-state index in [-0.39, 0.29) is 35.5 Å². The number of carbonyl (C=O) groups is 1. The average molecular weight is 419 g/mol. The monoisotopic (exact) mass is 418 g/mol. The van der Waals surface area contributed by atoms with Gasteiger partial charge in [-0.3, -0.25) is 14.3 Å². The van der Waals surface area contributed by atoms with Gasteiger partial charge < -0.3 is 10.2 Å². The lowest BCUT2D eigenvalue weighted by Gasteiger charge is -2.36. The summed E-state index contributed by atoms with van der Waals surface area (Å²) in [6.07, 6.45) is 0. The molecule has 2 heterocycles. The summed E-state index contributed by atoms with van der Waals surface area (Å²) >= 11 is 6.36. The Hall–Kier alpha value is -2.41. The summed E-state index contributed by atoms with van der Waals surface area (Å²) in [6, 6.07) is 14.4. The second kappa shape index (κ2) is 8.31. The van der Waals surface area contributed by atoms with E-state index in [1.807, 2.05) is 30.3 Å². The van der Waals surface area contributed by atoms with Gasteiger partial charge in [0.05, 0.1) is 11.6 Å². The zero-order chi connectivity index (χ0) is 19.0. The average Bonchev–Trinajstić information content (AvgIpc) is 2.71. The molecule has 1 fully saturated rings. The fourth-order valence-electron chi connectivity index (χ4n) is 3.57. The van der Waals surface area contributed by atoms with Crippen LogP contribution in [-0.4, -0.2) is 40.2 Å². The summed E-state index contributed by atoms with van der Waals surface area (Å²) < 4.78 is 1.58. The van der Waals surface area contributed by atoms with Crippen molar-refractivity contribution in [2.45, 2.75) is 6.04 Å². The molecule has 0 spiro atoms. The van der Waals surface area contributed by atoms with Crippen molar-refractivity contribution in [2.24, 2.45) is 7.05 Å². The Labute approximate surface area is 173 Å². The predicted octanol–water partition coefficient (Wildman–Crippen LogP) is 2.80. The molecular weight excluding hydrogens is 399 g/mol. The number of halogens is 2. The van der Waals surface area contributed by atoms with Crippen LogP contribution in [0.15, 0.2) is 53.3 Å². The van der Waals surface area contributed by atoms with Crippen LogP contribution in [-0.2, 0) is 7.05 Å². The predicted molar refractivity (Wildman–Crippen MR) is 112 cm³/mol. The summed E-state index contributed by atoms with van der Waals surface area (Å²) in [6.45, 7) is 1.70. The third-order valence-corrected chi connectivity index (χ3v) is 5.28. The number of fused-ring (bicyclic) bond motifs is 1. The molecule has 1 N–H and O–H groups in total. The molecule has 1 atom stereocenters. The zero-order valence-corrected chi connectivity index (χ0v) is 16.8. The third kappa shape index (κ3) is 3.51. The number of benzene rings is 2. The molecule has 0 saturated carbocycles. The van der Waals surface area contributed by atoms with E-state index in [1.165, 1.54) is 0 Å². The van der Waals surface area contributed by atoms with Crippen molar-refractivity contribution in [3.63, 3.8) is 0 Å². The quantitative estimate of drug-likeness (QED) is 0.694. The summed E-state index contributed by atoms with van der Waals surface area (Å²) in [5.74, 6) is -0.368. The maximum Gasteiger partial charge on any atom is 0.279 e. The number of piperazine rings is 1. The lowest BCUT2D eigenvalue weighted by atomic mass is 10.0. The molecule has 8 heteroatoms. The van der Waals surface area contributed by atoms with Gasteiger partial charge >= 0.3 is 0 Å².